The molecule has 3 N–H and O–H groups in total. The molecule has 0 bridgehead atoms. The van der Waals surface area contributed by atoms with Gasteiger partial charge >= 0.3 is 6.09 Å². The molecule has 2 heterocycles. The van der Waals surface area contributed by atoms with Crippen molar-refractivity contribution in [3.05, 3.63) is 65.7 Å². The van der Waals surface area contributed by atoms with Gasteiger partial charge in [-0.3, -0.25) is 4.79 Å². The molecule has 2 aliphatic rings. The second-order valence-corrected chi connectivity index (χ2v) is 8.34. The second kappa shape index (κ2) is 9.49. The first-order chi connectivity index (χ1) is 15.1. The average molecular weight is 424 g/mol. The highest BCUT2D eigenvalue weighted by Gasteiger charge is 2.52. The summed E-state index contributed by atoms with van der Waals surface area (Å²) < 4.78 is 11.1. The molecule has 0 aromatic heterocycles. The highest BCUT2D eigenvalue weighted by molar-refractivity contribution is 5.94. The van der Waals surface area contributed by atoms with Crippen molar-refractivity contribution in [3.63, 3.8) is 0 Å². The summed E-state index contributed by atoms with van der Waals surface area (Å²) in [4.78, 5) is 27.7. The van der Waals surface area contributed by atoms with E-state index >= 15 is 0 Å². The lowest BCUT2D eigenvalue weighted by Gasteiger charge is -2.37. The predicted molar refractivity (Wildman–Crippen MR) is 117 cm³/mol. The van der Waals surface area contributed by atoms with Gasteiger partial charge in [-0.05, 0) is 36.1 Å². The minimum atomic E-state index is -0.379. The third-order valence-corrected chi connectivity index (χ3v) is 6.35. The first kappa shape index (κ1) is 21.3. The summed E-state index contributed by atoms with van der Waals surface area (Å²) in [7, 11) is 0. The SMILES string of the molecule is NCc1cccc(NC(=O)[C@H]2CN(C(=O)OCc3ccccc3)CC23CCOCC3)c1. The summed E-state index contributed by atoms with van der Waals surface area (Å²) in [6.07, 6.45) is 1.11. The van der Waals surface area contributed by atoms with Crippen molar-refractivity contribution in [3.8, 4) is 0 Å². The number of amides is 2. The number of nitrogens with one attached hydrogen (secondary N) is 1. The number of carbonyl (C=O) groups is 2. The Morgan fingerprint density at radius 3 is 2.58 bits per heavy atom. The molecule has 0 aliphatic carbocycles. The highest BCUT2D eigenvalue weighted by atomic mass is 16.6. The van der Waals surface area contributed by atoms with Gasteiger partial charge in [-0.1, -0.05) is 42.5 Å². The maximum absolute atomic E-state index is 13.3. The van der Waals surface area contributed by atoms with E-state index in [4.69, 9.17) is 15.2 Å². The molecule has 7 nitrogen and oxygen atoms in total. The van der Waals surface area contributed by atoms with Crippen LogP contribution in [0.3, 0.4) is 0 Å². The zero-order chi connectivity index (χ0) is 21.7. The number of rotatable bonds is 5. The van der Waals surface area contributed by atoms with Crippen molar-refractivity contribution >= 4 is 17.7 Å². The molecule has 0 saturated carbocycles. The Hall–Kier alpha value is -2.90. The summed E-state index contributed by atoms with van der Waals surface area (Å²) in [6.45, 7) is 2.67. The first-order valence-corrected chi connectivity index (χ1v) is 10.7. The number of hydrogen-bond acceptors (Lipinski definition) is 5. The van der Waals surface area contributed by atoms with E-state index < -0.39 is 0 Å². The first-order valence-electron chi connectivity index (χ1n) is 10.7. The number of benzene rings is 2. The van der Waals surface area contributed by atoms with Gasteiger partial charge in [-0.15, -0.1) is 0 Å². The van der Waals surface area contributed by atoms with Crippen LogP contribution in [-0.4, -0.2) is 43.2 Å². The van der Waals surface area contributed by atoms with Crippen LogP contribution < -0.4 is 11.1 Å². The van der Waals surface area contributed by atoms with Gasteiger partial charge in [0.2, 0.25) is 5.91 Å². The number of hydrogen-bond donors (Lipinski definition) is 2. The second-order valence-electron chi connectivity index (χ2n) is 8.34. The van der Waals surface area contributed by atoms with Gasteiger partial charge in [-0.2, -0.15) is 0 Å². The van der Waals surface area contributed by atoms with Crippen molar-refractivity contribution in [2.45, 2.75) is 26.0 Å². The molecule has 31 heavy (non-hydrogen) atoms. The molecule has 7 heteroatoms. The lowest BCUT2D eigenvalue weighted by atomic mass is 9.71. The Bertz CT molecular complexity index is 912. The van der Waals surface area contributed by atoms with Gasteiger partial charge in [0.25, 0.3) is 0 Å². The molecule has 164 valence electrons. The summed E-state index contributed by atoms with van der Waals surface area (Å²) in [5.74, 6) is -0.392. The molecule has 0 radical (unpaired) electrons. The minimum Gasteiger partial charge on any atom is -0.445 e. The molecule has 0 unspecified atom stereocenters. The topological polar surface area (TPSA) is 93.9 Å². The lowest BCUT2D eigenvalue weighted by Crippen LogP contribution is -2.42. The fourth-order valence-corrected chi connectivity index (χ4v) is 4.57. The van der Waals surface area contributed by atoms with Crippen molar-refractivity contribution in [2.24, 2.45) is 17.1 Å². The van der Waals surface area contributed by atoms with Crippen LogP contribution in [0.25, 0.3) is 0 Å². The van der Waals surface area contributed by atoms with Crippen molar-refractivity contribution < 1.29 is 19.1 Å². The monoisotopic (exact) mass is 423 g/mol. The Labute approximate surface area is 182 Å². The zero-order valence-corrected chi connectivity index (χ0v) is 17.6. The molecule has 2 aromatic carbocycles. The van der Waals surface area contributed by atoms with Gasteiger partial charge in [0.1, 0.15) is 6.61 Å². The molecular formula is C24H29N3O4. The molecule has 2 saturated heterocycles. The van der Waals surface area contributed by atoms with Crippen LogP contribution in [0.4, 0.5) is 10.5 Å². The van der Waals surface area contributed by atoms with Gasteiger partial charge < -0.3 is 25.4 Å². The van der Waals surface area contributed by atoms with Gasteiger partial charge in [-0.25, -0.2) is 4.79 Å². The van der Waals surface area contributed by atoms with Crippen molar-refractivity contribution in [1.29, 1.82) is 0 Å². The Morgan fingerprint density at radius 2 is 1.84 bits per heavy atom. The van der Waals surface area contributed by atoms with E-state index in [1.54, 1.807) is 4.90 Å². The fraction of sp³-hybridized carbons (Fsp3) is 0.417. The third kappa shape index (κ3) is 4.89. The van der Waals surface area contributed by atoms with Crippen LogP contribution in [0.5, 0.6) is 0 Å². The fourth-order valence-electron chi connectivity index (χ4n) is 4.57. The quantitative estimate of drug-likeness (QED) is 0.771. The number of nitrogens with zero attached hydrogens (tertiary/aromatic N) is 1. The smallest absolute Gasteiger partial charge is 0.410 e. The Kier molecular flexibility index (Phi) is 6.53. The average Bonchev–Trinajstić information content (AvgIpc) is 3.17. The highest BCUT2D eigenvalue weighted by Crippen LogP contribution is 2.45. The van der Waals surface area contributed by atoms with Crippen molar-refractivity contribution in [1.82, 2.24) is 4.90 Å². The molecule has 4 rings (SSSR count). The predicted octanol–water partition coefficient (Wildman–Crippen LogP) is 3.15. The van der Waals surface area contributed by atoms with Crippen LogP contribution in [0.2, 0.25) is 0 Å². The van der Waals surface area contributed by atoms with Gasteiger partial charge in [0.05, 0.1) is 5.92 Å². The number of carbonyl (C=O) groups excluding carboxylic acids is 2. The summed E-state index contributed by atoms with van der Waals surface area (Å²) in [5.41, 5.74) is 8.04. The van der Waals surface area contributed by atoms with Crippen LogP contribution in [0, 0.1) is 11.3 Å². The molecular weight excluding hydrogens is 394 g/mol. The maximum atomic E-state index is 13.3. The van der Waals surface area contributed by atoms with E-state index in [1.807, 2.05) is 54.6 Å². The zero-order valence-electron chi connectivity index (χ0n) is 17.6. The molecule has 2 aromatic rings. The minimum absolute atomic E-state index is 0.0746. The summed E-state index contributed by atoms with van der Waals surface area (Å²) in [6, 6.07) is 17.1. The summed E-state index contributed by atoms with van der Waals surface area (Å²) >= 11 is 0. The molecule has 2 amide bonds. The Morgan fingerprint density at radius 1 is 1.10 bits per heavy atom. The molecule has 1 spiro atoms. The van der Waals surface area contributed by atoms with E-state index in [-0.39, 0.29) is 29.9 Å². The van der Waals surface area contributed by atoms with Crippen molar-refractivity contribution in [2.75, 3.05) is 31.6 Å². The number of likely N-dealkylation sites (tertiary alicyclic amines) is 1. The van der Waals surface area contributed by atoms with E-state index in [0.717, 1.165) is 29.7 Å². The third-order valence-electron chi connectivity index (χ3n) is 6.35. The van der Waals surface area contributed by atoms with Gasteiger partial charge in [0, 0.05) is 44.0 Å². The number of nitrogens with two attached hydrogens (primary N) is 1. The van der Waals surface area contributed by atoms with E-state index in [1.165, 1.54) is 0 Å². The van der Waals surface area contributed by atoms with E-state index in [9.17, 15) is 9.59 Å². The number of ether oxygens (including phenoxy) is 2. The normalized spacial score (nSPS) is 19.9. The van der Waals surface area contributed by atoms with Crippen LogP contribution >= 0.6 is 0 Å². The van der Waals surface area contributed by atoms with Gasteiger partial charge in [0.15, 0.2) is 0 Å². The largest absolute Gasteiger partial charge is 0.445 e. The lowest BCUT2D eigenvalue weighted by molar-refractivity contribution is -0.124. The number of anilines is 1. The Balaban J connectivity index is 1.46. The van der Waals surface area contributed by atoms with E-state index in [2.05, 4.69) is 5.32 Å². The van der Waals surface area contributed by atoms with Crippen LogP contribution in [-0.2, 0) is 27.4 Å². The standard InChI is InChI=1S/C24H29N3O4/c25-14-19-7-4-8-20(13-19)26-22(28)21-15-27(17-24(21)9-11-30-12-10-24)23(29)31-16-18-5-2-1-3-6-18/h1-8,13,21H,9-12,14-17,25H2,(H,26,28)/t21-/m1/s1. The van der Waals surface area contributed by atoms with E-state index in [0.29, 0.717) is 32.8 Å². The molecule has 2 fully saturated rings. The molecule has 2 aliphatic heterocycles. The van der Waals surface area contributed by atoms with Crippen LogP contribution in [0.1, 0.15) is 24.0 Å². The summed E-state index contributed by atoms with van der Waals surface area (Å²) in [5, 5.41) is 3.03. The molecule has 1 atom stereocenters. The van der Waals surface area contributed by atoms with Crippen LogP contribution in [0.15, 0.2) is 54.6 Å². The maximum Gasteiger partial charge on any atom is 0.410 e.